The van der Waals surface area contributed by atoms with Gasteiger partial charge in [-0.3, -0.25) is 0 Å². The molecule has 0 aromatic rings. The number of nitriles is 1. The lowest BCUT2D eigenvalue weighted by atomic mass is 9.57. The highest BCUT2D eigenvalue weighted by Crippen LogP contribution is 2.58. The molecule has 6 unspecified atom stereocenters. The van der Waals surface area contributed by atoms with Crippen molar-refractivity contribution in [1.82, 2.24) is 0 Å². The third-order valence-corrected chi connectivity index (χ3v) is 7.02. The average Bonchev–Trinajstić information content (AvgIpc) is 2.93. The van der Waals surface area contributed by atoms with Crippen LogP contribution in [0.15, 0.2) is 23.5 Å². The van der Waals surface area contributed by atoms with Crippen LogP contribution in [-0.4, -0.2) is 17.3 Å². The van der Waals surface area contributed by atoms with E-state index in [1.807, 2.05) is 0 Å². The van der Waals surface area contributed by atoms with Gasteiger partial charge in [0.1, 0.15) is 0 Å². The third-order valence-electron chi connectivity index (χ3n) is 7.02. The summed E-state index contributed by atoms with van der Waals surface area (Å²) in [6.07, 6.45) is 12.0. The first-order valence-corrected chi connectivity index (χ1v) is 9.33. The van der Waals surface area contributed by atoms with Crippen molar-refractivity contribution in [1.29, 1.82) is 5.26 Å². The van der Waals surface area contributed by atoms with E-state index in [-0.39, 0.29) is 5.92 Å². The minimum atomic E-state index is -1.05. The summed E-state index contributed by atoms with van der Waals surface area (Å²) >= 11 is 0. The second-order valence-corrected chi connectivity index (χ2v) is 7.88. The Kier molecular flexibility index (Phi) is 3.76. The number of nitrogens with zero attached hydrogens (tertiary/aromatic N) is 1. The normalized spacial score (nSPS) is 45.0. The lowest BCUT2D eigenvalue weighted by molar-refractivity contribution is -0.0126. The van der Waals surface area contributed by atoms with Gasteiger partial charge in [0, 0.05) is 12.3 Å². The highest BCUT2D eigenvalue weighted by Gasteiger charge is 2.55. The maximum Gasteiger partial charge on any atom is 0.154 e. The van der Waals surface area contributed by atoms with Gasteiger partial charge in [-0.05, 0) is 80.8 Å². The van der Waals surface area contributed by atoms with E-state index in [9.17, 15) is 10.4 Å². The Morgan fingerprint density at radius 3 is 2.91 bits per heavy atom. The van der Waals surface area contributed by atoms with Crippen LogP contribution in [-0.2, 0) is 4.74 Å². The van der Waals surface area contributed by atoms with Crippen LogP contribution in [0.4, 0.5) is 0 Å². The Morgan fingerprint density at radius 1 is 1.26 bits per heavy atom. The molecule has 4 aliphatic carbocycles. The molecule has 2 saturated carbocycles. The Labute approximate surface area is 139 Å². The summed E-state index contributed by atoms with van der Waals surface area (Å²) in [5.74, 6) is 4.01. The van der Waals surface area contributed by atoms with Crippen molar-refractivity contribution in [3.8, 4) is 6.07 Å². The Balaban J connectivity index is 1.57. The number of fused-ring (bicyclic) bond motifs is 5. The average molecular weight is 313 g/mol. The van der Waals surface area contributed by atoms with E-state index >= 15 is 0 Å². The molecule has 1 N–H and O–H groups in total. The van der Waals surface area contributed by atoms with Gasteiger partial charge in [-0.25, -0.2) is 0 Å². The van der Waals surface area contributed by atoms with Gasteiger partial charge in [-0.2, -0.15) is 5.26 Å². The van der Waals surface area contributed by atoms with E-state index in [1.165, 1.54) is 18.4 Å². The summed E-state index contributed by atoms with van der Waals surface area (Å²) in [5.41, 5.74) is 0.446. The molecule has 0 radical (unpaired) electrons. The zero-order valence-corrected chi connectivity index (χ0v) is 14.0. The van der Waals surface area contributed by atoms with Crippen molar-refractivity contribution in [3.05, 3.63) is 23.5 Å². The van der Waals surface area contributed by atoms with Crippen LogP contribution in [0.25, 0.3) is 0 Å². The van der Waals surface area contributed by atoms with Crippen LogP contribution in [0, 0.1) is 40.9 Å². The second-order valence-electron chi connectivity index (χ2n) is 7.88. The zero-order valence-electron chi connectivity index (χ0n) is 14.0. The maximum absolute atomic E-state index is 10.6. The predicted octanol–water partition coefficient (Wildman–Crippen LogP) is 3.95. The first kappa shape index (κ1) is 15.3. The molecule has 0 aliphatic heterocycles. The van der Waals surface area contributed by atoms with Gasteiger partial charge in [-0.1, -0.05) is 6.08 Å². The molecule has 0 saturated heterocycles. The fraction of sp³-hybridized carbons (Fsp3) is 0.750. The van der Waals surface area contributed by atoms with Gasteiger partial charge >= 0.3 is 0 Å². The van der Waals surface area contributed by atoms with Crippen LogP contribution >= 0.6 is 0 Å². The lowest BCUT2D eigenvalue weighted by Crippen LogP contribution is -2.44. The summed E-state index contributed by atoms with van der Waals surface area (Å²) < 4.78 is 5.73. The number of hydrogen-bond donors (Lipinski definition) is 1. The van der Waals surface area contributed by atoms with Crippen LogP contribution in [0.3, 0.4) is 0 Å². The Bertz CT molecular complexity index is 587. The quantitative estimate of drug-likeness (QED) is 0.785. The number of allylic oxidation sites excluding steroid dienone is 4. The van der Waals surface area contributed by atoms with Crippen molar-refractivity contribution in [2.24, 2.45) is 29.6 Å². The first-order chi connectivity index (χ1) is 11.2. The van der Waals surface area contributed by atoms with E-state index in [1.54, 1.807) is 0 Å². The van der Waals surface area contributed by atoms with Crippen molar-refractivity contribution in [3.63, 3.8) is 0 Å². The number of aliphatic hydroxyl groups is 1. The van der Waals surface area contributed by atoms with Gasteiger partial charge in [-0.15, -0.1) is 0 Å². The van der Waals surface area contributed by atoms with Crippen LogP contribution in [0.2, 0.25) is 0 Å². The molecule has 0 aromatic heterocycles. The molecule has 2 fully saturated rings. The Hall–Kier alpha value is -1.27. The molecule has 23 heavy (non-hydrogen) atoms. The third kappa shape index (κ3) is 2.34. The first-order valence-electron chi connectivity index (χ1n) is 9.33. The van der Waals surface area contributed by atoms with Gasteiger partial charge in [0.15, 0.2) is 5.60 Å². The molecule has 0 spiro atoms. The minimum absolute atomic E-state index is 0.210. The van der Waals surface area contributed by atoms with Crippen molar-refractivity contribution < 1.29 is 9.84 Å². The van der Waals surface area contributed by atoms with E-state index in [0.29, 0.717) is 24.2 Å². The number of hydrogen-bond acceptors (Lipinski definition) is 3. The fourth-order valence-corrected chi connectivity index (χ4v) is 6.06. The smallest absolute Gasteiger partial charge is 0.154 e. The molecule has 0 aromatic carbocycles. The minimum Gasteiger partial charge on any atom is -0.498 e. The maximum atomic E-state index is 10.6. The zero-order chi connectivity index (χ0) is 16.0. The highest BCUT2D eigenvalue weighted by atomic mass is 16.5. The van der Waals surface area contributed by atoms with Crippen molar-refractivity contribution in [2.45, 2.75) is 57.5 Å². The summed E-state index contributed by atoms with van der Waals surface area (Å²) in [5, 5.41) is 20.0. The molecule has 4 aliphatic rings. The molecule has 0 heterocycles. The summed E-state index contributed by atoms with van der Waals surface area (Å²) in [4.78, 5) is 0. The molecule has 4 rings (SSSR count). The van der Waals surface area contributed by atoms with Crippen LogP contribution < -0.4 is 0 Å². The topological polar surface area (TPSA) is 53.2 Å². The largest absolute Gasteiger partial charge is 0.498 e. The highest BCUT2D eigenvalue weighted by molar-refractivity contribution is 5.31. The predicted molar refractivity (Wildman–Crippen MR) is 88.1 cm³/mol. The molecular formula is C20H27NO2. The van der Waals surface area contributed by atoms with E-state index < -0.39 is 5.60 Å². The summed E-state index contributed by atoms with van der Waals surface area (Å²) in [6.45, 7) is 2.81. The summed E-state index contributed by atoms with van der Waals surface area (Å²) in [7, 11) is 0. The molecule has 3 nitrogen and oxygen atoms in total. The molecule has 0 bridgehead atoms. The monoisotopic (exact) mass is 313 g/mol. The van der Waals surface area contributed by atoms with Gasteiger partial charge in [0.05, 0.1) is 18.4 Å². The molecule has 0 amide bonds. The fourth-order valence-electron chi connectivity index (χ4n) is 6.06. The second kappa shape index (κ2) is 5.67. The van der Waals surface area contributed by atoms with E-state index in [4.69, 9.17) is 4.74 Å². The molecule has 6 atom stereocenters. The van der Waals surface area contributed by atoms with Crippen molar-refractivity contribution in [2.75, 3.05) is 6.61 Å². The summed E-state index contributed by atoms with van der Waals surface area (Å²) in [6, 6.07) is 2.23. The van der Waals surface area contributed by atoms with Gasteiger partial charge < -0.3 is 9.84 Å². The van der Waals surface area contributed by atoms with Crippen molar-refractivity contribution >= 4 is 0 Å². The standard InChI is InChI=1S/C20H27NO2/c1-2-23-14-4-6-15-13(11-14)3-5-17-16(15)7-8-19-18(17)9-10-20(19,22)12-21/h3,11,15-19,22H,2,4-10H2,1H3. The van der Waals surface area contributed by atoms with E-state index in [2.05, 4.69) is 25.1 Å². The number of rotatable bonds is 2. The molecule has 124 valence electrons. The Morgan fingerprint density at radius 2 is 2.13 bits per heavy atom. The molecular weight excluding hydrogens is 286 g/mol. The van der Waals surface area contributed by atoms with Gasteiger partial charge in [0.25, 0.3) is 0 Å². The molecule has 3 heteroatoms. The van der Waals surface area contributed by atoms with Gasteiger partial charge in [0.2, 0.25) is 0 Å². The SMILES string of the molecule is CCOC1=CC2=CCC3C(CCC4C3CCC4(O)C#N)C2CC1. The van der Waals surface area contributed by atoms with E-state index in [0.717, 1.165) is 44.0 Å². The van der Waals surface area contributed by atoms with Crippen LogP contribution in [0.5, 0.6) is 0 Å². The van der Waals surface area contributed by atoms with Crippen LogP contribution in [0.1, 0.15) is 51.9 Å². The lowest BCUT2D eigenvalue weighted by Gasteiger charge is -2.48. The number of ether oxygens (including phenoxy) is 1.